The van der Waals surface area contributed by atoms with Crippen LogP contribution < -0.4 is 5.32 Å². The molecule has 1 unspecified atom stereocenters. The molecule has 0 spiro atoms. The van der Waals surface area contributed by atoms with Crippen LogP contribution in [-0.4, -0.2) is 15.9 Å². The predicted molar refractivity (Wildman–Crippen MR) is 98.3 cm³/mol. The molecule has 0 aliphatic heterocycles. The molecule has 1 heterocycles. The lowest BCUT2D eigenvalue weighted by Crippen LogP contribution is -2.16. The molecule has 0 aliphatic rings. The van der Waals surface area contributed by atoms with E-state index in [0.717, 1.165) is 22.5 Å². The van der Waals surface area contributed by atoms with Gasteiger partial charge in [0.2, 0.25) is 0 Å². The minimum atomic E-state index is -0.496. The van der Waals surface area contributed by atoms with E-state index < -0.39 is 6.09 Å². The average molecular weight is 335 g/mol. The summed E-state index contributed by atoms with van der Waals surface area (Å²) in [6, 6.07) is 19.5. The smallest absolute Gasteiger partial charge is 0.412 e. The van der Waals surface area contributed by atoms with Crippen LogP contribution in [0.5, 0.6) is 0 Å². The summed E-state index contributed by atoms with van der Waals surface area (Å²) < 4.78 is 7.27. The lowest BCUT2D eigenvalue weighted by Gasteiger charge is -2.15. The normalized spacial score (nSPS) is 11.8. The van der Waals surface area contributed by atoms with E-state index in [4.69, 9.17) is 4.74 Å². The highest BCUT2D eigenvalue weighted by Gasteiger charge is 2.19. The molecule has 128 valence electrons. The number of nitrogens with zero attached hydrogens (tertiary/aromatic N) is 2. The third kappa shape index (κ3) is 3.71. The molecule has 1 aromatic heterocycles. The Morgan fingerprint density at radius 3 is 2.32 bits per heavy atom. The van der Waals surface area contributed by atoms with E-state index in [1.807, 2.05) is 81.6 Å². The first-order valence-corrected chi connectivity index (χ1v) is 8.18. The Kier molecular flexibility index (Phi) is 4.84. The zero-order valence-corrected chi connectivity index (χ0v) is 14.6. The highest BCUT2D eigenvalue weighted by molar-refractivity contribution is 5.91. The molecule has 5 nitrogen and oxygen atoms in total. The maximum Gasteiger partial charge on any atom is 0.412 e. The number of hydrogen-bond acceptors (Lipinski definition) is 3. The quantitative estimate of drug-likeness (QED) is 0.751. The summed E-state index contributed by atoms with van der Waals surface area (Å²) in [6.07, 6.45) is -0.831. The molecule has 5 heteroatoms. The van der Waals surface area contributed by atoms with Crippen LogP contribution in [0.2, 0.25) is 0 Å². The van der Waals surface area contributed by atoms with Gasteiger partial charge in [-0.25, -0.2) is 4.79 Å². The number of aromatic nitrogens is 2. The molecule has 25 heavy (non-hydrogen) atoms. The summed E-state index contributed by atoms with van der Waals surface area (Å²) >= 11 is 0. The summed E-state index contributed by atoms with van der Waals surface area (Å²) in [6.45, 7) is 3.71. The number of rotatable bonds is 4. The number of aryl methyl sites for hydroxylation is 2. The second kappa shape index (κ2) is 7.21. The SMILES string of the molecule is Cc1nn(C)c(-c2ccccc2)c1NC(=O)OC(C)c1ccccc1. The van der Waals surface area contributed by atoms with E-state index in [2.05, 4.69) is 10.4 Å². The molecular weight excluding hydrogens is 314 g/mol. The molecule has 1 N–H and O–H groups in total. The number of anilines is 1. The van der Waals surface area contributed by atoms with Gasteiger partial charge >= 0.3 is 6.09 Å². The van der Waals surface area contributed by atoms with Gasteiger partial charge in [-0.3, -0.25) is 10.00 Å². The second-order valence-corrected chi connectivity index (χ2v) is 5.88. The Morgan fingerprint density at radius 1 is 1.08 bits per heavy atom. The molecule has 0 radical (unpaired) electrons. The van der Waals surface area contributed by atoms with E-state index in [1.165, 1.54) is 0 Å². The Labute approximate surface area is 147 Å². The second-order valence-electron chi connectivity index (χ2n) is 5.88. The monoisotopic (exact) mass is 335 g/mol. The Bertz CT molecular complexity index is 857. The molecule has 0 bridgehead atoms. The van der Waals surface area contributed by atoms with Gasteiger partial charge in [-0.05, 0) is 19.4 Å². The lowest BCUT2D eigenvalue weighted by atomic mass is 10.1. The van der Waals surface area contributed by atoms with Crippen LogP contribution in [0, 0.1) is 6.92 Å². The first kappa shape index (κ1) is 16.8. The van der Waals surface area contributed by atoms with Crippen LogP contribution in [0.1, 0.15) is 24.3 Å². The van der Waals surface area contributed by atoms with Crippen LogP contribution in [0.3, 0.4) is 0 Å². The van der Waals surface area contributed by atoms with Crippen LogP contribution in [0.25, 0.3) is 11.3 Å². The molecular formula is C20H21N3O2. The molecule has 1 atom stereocenters. The van der Waals surface area contributed by atoms with Gasteiger partial charge < -0.3 is 4.74 Å². The van der Waals surface area contributed by atoms with Gasteiger partial charge in [-0.1, -0.05) is 60.7 Å². The number of benzene rings is 2. The van der Waals surface area contributed by atoms with Crippen molar-refractivity contribution in [3.05, 3.63) is 71.9 Å². The molecule has 3 rings (SSSR count). The molecule has 0 saturated carbocycles. The van der Waals surface area contributed by atoms with E-state index in [0.29, 0.717) is 5.69 Å². The molecule has 2 aromatic carbocycles. The van der Waals surface area contributed by atoms with Crippen molar-refractivity contribution in [3.8, 4) is 11.3 Å². The minimum Gasteiger partial charge on any atom is -0.441 e. The Morgan fingerprint density at radius 2 is 1.68 bits per heavy atom. The first-order chi connectivity index (χ1) is 12.1. The van der Waals surface area contributed by atoms with E-state index in [9.17, 15) is 4.79 Å². The highest BCUT2D eigenvalue weighted by Crippen LogP contribution is 2.30. The molecule has 1 amide bonds. The van der Waals surface area contributed by atoms with Gasteiger partial charge in [-0.2, -0.15) is 5.10 Å². The van der Waals surface area contributed by atoms with Crippen molar-refractivity contribution < 1.29 is 9.53 Å². The fraction of sp³-hybridized carbons (Fsp3) is 0.200. The third-order valence-electron chi connectivity index (χ3n) is 4.05. The highest BCUT2D eigenvalue weighted by atomic mass is 16.6. The number of amides is 1. The lowest BCUT2D eigenvalue weighted by molar-refractivity contribution is 0.121. The van der Waals surface area contributed by atoms with Gasteiger partial charge in [-0.15, -0.1) is 0 Å². The summed E-state index contributed by atoms with van der Waals surface area (Å²) in [5.41, 5.74) is 4.19. The van der Waals surface area contributed by atoms with Crippen molar-refractivity contribution >= 4 is 11.8 Å². The van der Waals surface area contributed by atoms with Crippen LogP contribution >= 0.6 is 0 Å². The van der Waals surface area contributed by atoms with Crippen molar-refractivity contribution in [2.75, 3.05) is 5.32 Å². The number of nitrogens with one attached hydrogen (secondary N) is 1. The summed E-state index contributed by atoms with van der Waals surface area (Å²) in [5.74, 6) is 0. The van der Waals surface area contributed by atoms with Crippen molar-refractivity contribution in [3.63, 3.8) is 0 Å². The van der Waals surface area contributed by atoms with Gasteiger partial charge in [0.1, 0.15) is 6.10 Å². The van der Waals surface area contributed by atoms with Crippen LogP contribution in [0.15, 0.2) is 60.7 Å². The maximum atomic E-state index is 12.4. The van der Waals surface area contributed by atoms with Crippen LogP contribution in [-0.2, 0) is 11.8 Å². The Balaban J connectivity index is 1.80. The number of carbonyl (C=O) groups is 1. The number of carbonyl (C=O) groups excluding carboxylic acids is 1. The van der Waals surface area contributed by atoms with Crippen molar-refractivity contribution in [1.82, 2.24) is 9.78 Å². The molecule has 0 aliphatic carbocycles. The summed E-state index contributed by atoms with van der Waals surface area (Å²) in [7, 11) is 1.86. The van der Waals surface area contributed by atoms with Gasteiger partial charge in [0.15, 0.2) is 0 Å². The minimum absolute atomic E-state index is 0.335. The molecule has 3 aromatic rings. The first-order valence-electron chi connectivity index (χ1n) is 8.18. The molecule has 0 fully saturated rings. The average Bonchev–Trinajstić information content (AvgIpc) is 2.89. The topological polar surface area (TPSA) is 56.2 Å². The fourth-order valence-electron chi connectivity index (χ4n) is 2.82. The summed E-state index contributed by atoms with van der Waals surface area (Å²) in [5, 5.41) is 7.28. The standard InChI is InChI=1S/C20H21N3O2/c1-14-18(19(23(3)22-14)17-12-8-5-9-13-17)21-20(24)25-15(2)16-10-6-4-7-11-16/h4-13,15H,1-3H3,(H,21,24). The fourth-order valence-corrected chi connectivity index (χ4v) is 2.82. The third-order valence-corrected chi connectivity index (χ3v) is 4.05. The van der Waals surface area contributed by atoms with Gasteiger partial charge in [0.05, 0.1) is 17.1 Å². The van der Waals surface area contributed by atoms with E-state index in [-0.39, 0.29) is 6.10 Å². The number of ether oxygens (including phenoxy) is 1. The van der Waals surface area contributed by atoms with Crippen molar-refractivity contribution in [2.24, 2.45) is 7.05 Å². The molecule has 0 saturated heterocycles. The maximum absolute atomic E-state index is 12.4. The largest absolute Gasteiger partial charge is 0.441 e. The predicted octanol–water partition coefficient (Wildman–Crippen LogP) is 4.71. The van der Waals surface area contributed by atoms with E-state index >= 15 is 0 Å². The summed E-state index contributed by atoms with van der Waals surface area (Å²) in [4.78, 5) is 12.4. The van der Waals surface area contributed by atoms with Gasteiger partial charge in [0, 0.05) is 12.6 Å². The van der Waals surface area contributed by atoms with E-state index in [1.54, 1.807) is 4.68 Å². The number of hydrogen-bond donors (Lipinski definition) is 1. The van der Waals surface area contributed by atoms with Gasteiger partial charge in [0.25, 0.3) is 0 Å². The van der Waals surface area contributed by atoms with Crippen molar-refractivity contribution in [1.29, 1.82) is 0 Å². The van der Waals surface area contributed by atoms with Crippen molar-refractivity contribution in [2.45, 2.75) is 20.0 Å². The Hall–Kier alpha value is -3.08. The zero-order valence-electron chi connectivity index (χ0n) is 14.6. The zero-order chi connectivity index (χ0) is 17.8. The van der Waals surface area contributed by atoms with Crippen LogP contribution in [0.4, 0.5) is 10.5 Å².